The zero-order valence-electron chi connectivity index (χ0n) is 30.8. The van der Waals surface area contributed by atoms with Crippen LogP contribution in [-0.4, -0.2) is 75.8 Å². The van der Waals surface area contributed by atoms with Crippen LogP contribution in [0.2, 0.25) is 0 Å². The summed E-state index contributed by atoms with van der Waals surface area (Å²) in [6, 6.07) is 30.1. The van der Waals surface area contributed by atoms with Crippen LogP contribution >= 0.6 is 0 Å². The molecule has 6 aromatic rings. The monoisotopic (exact) mass is 745 g/mol. The number of para-hydroxylation sites is 2. The first-order chi connectivity index (χ1) is 27.1. The van der Waals surface area contributed by atoms with Gasteiger partial charge < -0.3 is 34.9 Å². The second kappa shape index (κ2) is 18.9. The van der Waals surface area contributed by atoms with Crippen molar-refractivity contribution in [2.24, 2.45) is 0 Å². The predicted octanol–water partition coefficient (Wildman–Crippen LogP) is 6.72. The van der Waals surface area contributed by atoms with Gasteiger partial charge in [0.1, 0.15) is 46.7 Å². The van der Waals surface area contributed by atoms with E-state index in [1.54, 1.807) is 12.1 Å². The van der Waals surface area contributed by atoms with E-state index in [1.807, 2.05) is 106 Å². The summed E-state index contributed by atoms with van der Waals surface area (Å²) in [6.07, 6.45) is 9.19. The molecule has 4 aromatic heterocycles. The summed E-state index contributed by atoms with van der Waals surface area (Å²) >= 11 is 0. The Morgan fingerprint density at radius 1 is 0.691 bits per heavy atom. The number of ketones is 1. The van der Waals surface area contributed by atoms with Crippen molar-refractivity contribution in [1.82, 2.24) is 24.1 Å². The van der Waals surface area contributed by atoms with Crippen LogP contribution < -0.4 is 25.4 Å². The molecule has 13 heteroatoms. The molecule has 0 aliphatic carbocycles. The van der Waals surface area contributed by atoms with Crippen molar-refractivity contribution in [3.8, 4) is 11.5 Å². The van der Waals surface area contributed by atoms with Crippen LogP contribution in [0.4, 0.5) is 16.4 Å². The third-order valence-corrected chi connectivity index (χ3v) is 9.38. The van der Waals surface area contributed by atoms with Crippen molar-refractivity contribution < 1.29 is 28.5 Å². The van der Waals surface area contributed by atoms with Gasteiger partial charge in [-0.15, -0.1) is 0 Å². The molecule has 13 nitrogen and oxygen atoms in total. The van der Waals surface area contributed by atoms with Gasteiger partial charge in [-0.2, -0.15) is 0 Å². The number of aryl methyl sites for hydroxylation is 1. The predicted molar refractivity (Wildman–Crippen MR) is 210 cm³/mol. The van der Waals surface area contributed by atoms with Crippen LogP contribution in [0.1, 0.15) is 43.5 Å². The maximum Gasteiger partial charge on any atom is 0.412 e. The van der Waals surface area contributed by atoms with Gasteiger partial charge in [-0.25, -0.2) is 14.8 Å². The van der Waals surface area contributed by atoms with E-state index < -0.39 is 6.09 Å². The number of ether oxygens (including phenoxy) is 4. The number of benzene rings is 2. The number of nitrogens with one attached hydrogen (secondary N) is 3. The minimum Gasteiger partial charge on any atom is -0.486 e. The molecule has 2 unspecified atom stereocenters. The van der Waals surface area contributed by atoms with Gasteiger partial charge in [0.2, 0.25) is 0 Å². The molecule has 2 saturated heterocycles. The Morgan fingerprint density at radius 3 is 1.82 bits per heavy atom. The van der Waals surface area contributed by atoms with E-state index in [0.717, 1.165) is 79.8 Å². The Labute approximate surface area is 320 Å². The number of rotatable bonds is 15. The molecular formula is C42H47N7O6. The summed E-state index contributed by atoms with van der Waals surface area (Å²) in [4.78, 5) is 33.7. The lowest BCUT2D eigenvalue weighted by atomic mass is 10.2. The third kappa shape index (κ3) is 10.4. The van der Waals surface area contributed by atoms with Crippen molar-refractivity contribution >= 4 is 34.8 Å². The molecule has 2 atom stereocenters. The quantitative estimate of drug-likeness (QED) is 0.104. The first-order valence-corrected chi connectivity index (χ1v) is 18.9. The first kappa shape index (κ1) is 37.4. The van der Waals surface area contributed by atoms with Crippen LogP contribution in [0.25, 0.3) is 11.3 Å². The molecule has 55 heavy (non-hydrogen) atoms. The summed E-state index contributed by atoms with van der Waals surface area (Å²) in [5.41, 5.74) is 3.35. The lowest BCUT2D eigenvalue weighted by Crippen LogP contribution is -2.27. The topological polar surface area (TPSA) is 142 Å². The summed E-state index contributed by atoms with van der Waals surface area (Å²) in [6.45, 7) is 3.46. The Hall–Kier alpha value is -5.92. The highest BCUT2D eigenvalue weighted by Gasteiger charge is 2.20. The summed E-state index contributed by atoms with van der Waals surface area (Å²) in [5, 5.41) is 9.70. The molecule has 8 rings (SSSR count). The Bertz CT molecular complexity index is 2130. The zero-order valence-corrected chi connectivity index (χ0v) is 30.8. The number of amides is 1. The zero-order chi connectivity index (χ0) is 37.7. The molecule has 286 valence electrons. The molecule has 0 saturated carbocycles. The standard InChI is InChI=1S/C22H25N3O3.C20H22N4O3/c26-17(16-28-18-7-2-1-3-8-18)11-12-20-22(23-15-19-9-6-14-27-19)25-13-5-4-10-21(25)24-20;25-20(27-15-7-2-1-3-8-15)22-14-17-19(21-13-16-9-6-12-26-16)24-11-5-4-10-18(24)23-17/h1-5,7-8,10,13,19,23H,6,9,11-12,14-16H2;1-5,7-8,10-11,16,21H,6,9,12-14H2,(H,22,25). The van der Waals surface area contributed by atoms with Crippen LogP contribution in [0.15, 0.2) is 109 Å². The van der Waals surface area contributed by atoms with Gasteiger partial charge in [-0.3, -0.25) is 13.6 Å². The number of hydrogen-bond acceptors (Lipinski definition) is 10. The number of fused-ring (bicyclic) bond motifs is 2. The Balaban J connectivity index is 0.000000169. The van der Waals surface area contributed by atoms with Crippen molar-refractivity contribution in [1.29, 1.82) is 0 Å². The van der Waals surface area contributed by atoms with Crippen molar-refractivity contribution in [3.05, 3.63) is 121 Å². The number of pyridine rings is 2. The SMILES string of the molecule is O=C(CCc1nc2ccccn2c1NCC1CCCO1)COc1ccccc1.O=C(NCc1nc2ccccn2c1NCC1CCCO1)Oc1ccccc1. The molecule has 2 aromatic carbocycles. The van der Waals surface area contributed by atoms with Gasteiger partial charge in [0.25, 0.3) is 0 Å². The highest BCUT2D eigenvalue weighted by molar-refractivity contribution is 5.80. The second-order valence-corrected chi connectivity index (χ2v) is 13.4. The van der Waals surface area contributed by atoms with Crippen molar-refractivity contribution in [2.45, 2.75) is 57.3 Å². The molecule has 2 aliphatic rings. The molecule has 1 amide bonds. The normalized spacial score (nSPS) is 16.4. The van der Waals surface area contributed by atoms with E-state index in [1.165, 1.54) is 0 Å². The molecule has 2 fully saturated rings. The average molecular weight is 746 g/mol. The van der Waals surface area contributed by atoms with Gasteiger partial charge in [-0.05, 0) is 74.2 Å². The lowest BCUT2D eigenvalue weighted by Gasteiger charge is -2.13. The molecule has 6 heterocycles. The Kier molecular flexibility index (Phi) is 12.9. The number of carbonyl (C=O) groups is 2. The van der Waals surface area contributed by atoms with Gasteiger partial charge >= 0.3 is 6.09 Å². The van der Waals surface area contributed by atoms with Crippen LogP contribution in [0.3, 0.4) is 0 Å². The van der Waals surface area contributed by atoms with E-state index >= 15 is 0 Å². The molecular weight excluding hydrogens is 699 g/mol. The highest BCUT2D eigenvalue weighted by atomic mass is 16.6. The maximum atomic E-state index is 12.3. The second-order valence-electron chi connectivity index (χ2n) is 13.4. The summed E-state index contributed by atoms with van der Waals surface area (Å²) < 4.78 is 26.2. The van der Waals surface area contributed by atoms with E-state index in [-0.39, 0.29) is 31.1 Å². The van der Waals surface area contributed by atoms with Gasteiger partial charge in [0.05, 0.1) is 24.4 Å². The Morgan fingerprint density at radius 2 is 1.24 bits per heavy atom. The third-order valence-electron chi connectivity index (χ3n) is 9.38. The fourth-order valence-corrected chi connectivity index (χ4v) is 6.59. The minimum absolute atomic E-state index is 0.0611. The lowest BCUT2D eigenvalue weighted by molar-refractivity contribution is -0.121. The number of anilines is 2. The largest absolute Gasteiger partial charge is 0.486 e. The van der Waals surface area contributed by atoms with Crippen LogP contribution in [0.5, 0.6) is 11.5 Å². The average Bonchev–Trinajstić information content (AvgIpc) is 4.05. The minimum atomic E-state index is -0.511. The number of hydrogen-bond donors (Lipinski definition) is 3. The number of nitrogens with zero attached hydrogens (tertiary/aromatic N) is 4. The summed E-state index contributed by atoms with van der Waals surface area (Å²) in [5.74, 6) is 3.08. The molecule has 2 aliphatic heterocycles. The van der Waals surface area contributed by atoms with Gasteiger partial charge in [0.15, 0.2) is 5.78 Å². The maximum absolute atomic E-state index is 12.3. The van der Waals surface area contributed by atoms with E-state index in [9.17, 15) is 9.59 Å². The first-order valence-electron chi connectivity index (χ1n) is 18.9. The number of carbonyl (C=O) groups excluding carboxylic acids is 2. The molecule has 3 N–H and O–H groups in total. The van der Waals surface area contributed by atoms with E-state index in [4.69, 9.17) is 23.9 Å². The van der Waals surface area contributed by atoms with Gasteiger partial charge in [0, 0.05) is 51.5 Å². The number of Topliss-reactive ketones (excluding diaryl/α,β-unsaturated/α-hetero) is 1. The van der Waals surface area contributed by atoms with Crippen LogP contribution in [0, 0.1) is 0 Å². The fourth-order valence-electron chi connectivity index (χ4n) is 6.59. The molecule has 0 bridgehead atoms. The van der Waals surface area contributed by atoms with E-state index in [2.05, 4.69) is 20.9 Å². The fraction of sp³-hybridized carbons (Fsp3) is 0.333. The van der Waals surface area contributed by atoms with Crippen molar-refractivity contribution in [2.75, 3.05) is 43.5 Å². The highest BCUT2D eigenvalue weighted by Crippen LogP contribution is 2.23. The number of imidazole rings is 2. The van der Waals surface area contributed by atoms with Crippen LogP contribution in [-0.2, 0) is 27.2 Å². The molecule has 0 radical (unpaired) electrons. The molecule has 0 spiro atoms. The van der Waals surface area contributed by atoms with E-state index in [0.29, 0.717) is 30.9 Å². The smallest absolute Gasteiger partial charge is 0.412 e. The van der Waals surface area contributed by atoms with Crippen molar-refractivity contribution in [3.63, 3.8) is 0 Å². The number of aromatic nitrogens is 4. The summed E-state index contributed by atoms with van der Waals surface area (Å²) in [7, 11) is 0. The van der Waals surface area contributed by atoms with Gasteiger partial charge in [-0.1, -0.05) is 48.5 Å².